The van der Waals surface area contributed by atoms with E-state index in [2.05, 4.69) is 11.4 Å². The van der Waals surface area contributed by atoms with Gasteiger partial charge in [-0.05, 0) is 44.1 Å². The summed E-state index contributed by atoms with van der Waals surface area (Å²) in [6.07, 6.45) is 8.05. The summed E-state index contributed by atoms with van der Waals surface area (Å²) in [5.74, 6) is -1.16. The van der Waals surface area contributed by atoms with Crippen LogP contribution in [0.4, 0.5) is 5.00 Å². The molecular weight excluding hydrogens is 324 g/mol. The molecule has 0 bridgehead atoms. The molecule has 128 valence electrons. The number of hydrogen-bond donors (Lipinski definition) is 2. The van der Waals surface area contributed by atoms with Crippen LogP contribution in [0.25, 0.3) is 0 Å². The minimum Gasteiger partial charge on any atom is -0.481 e. The summed E-state index contributed by atoms with van der Waals surface area (Å²) in [6.45, 7) is 0. The monoisotopic (exact) mass is 346 g/mol. The summed E-state index contributed by atoms with van der Waals surface area (Å²) in [7, 11) is 0. The van der Waals surface area contributed by atoms with Gasteiger partial charge in [-0.15, -0.1) is 11.3 Å². The van der Waals surface area contributed by atoms with E-state index >= 15 is 0 Å². The third-order valence-electron chi connectivity index (χ3n) is 5.30. The Morgan fingerprint density at radius 2 is 1.88 bits per heavy atom. The maximum Gasteiger partial charge on any atom is 0.310 e. The van der Waals surface area contributed by atoms with E-state index in [0.717, 1.165) is 44.1 Å². The van der Waals surface area contributed by atoms with Crippen molar-refractivity contribution in [3.8, 4) is 6.07 Å². The summed E-state index contributed by atoms with van der Waals surface area (Å²) >= 11 is 1.49. The fraction of sp³-hybridized carbons (Fsp3) is 0.611. The first-order chi connectivity index (χ1) is 11.6. The van der Waals surface area contributed by atoms with E-state index in [1.165, 1.54) is 22.6 Å². The molecule has 1 aromatic heterocycles. The Balaban J connectivity index is 1.77. The lowest BCUT2D eigenvalue weighted by molar-refractivity contribution is -0.150. The lowest BCUT2D eigenvalue weighted by atomic mass is 9.82. The third-order valence-corrected chi connectivity index (χ3v) is 6.51. The number of carboxylic acids is 1. The van der Waals surface area contributed by atoms with Gasteiger partial charge in [0.2, 0.25) is 5.91 Å². The molecule has 6 heteroatoms. The predicted octanol–water partition coefficient (Wildman–Crippen LogP) is 3.86. The van der Waals surface area contributed by atoms with Gasteiger partial charge < -0.3 is 10.4 Å². The number of fused-ring (bicyclic) bond motifs is 1. The molecule has 1 fully saturated rings. The van der Waals surface area contributed by atoms with E-state index < -0.39 is 11.4 Å². The summed E-state index contributed by atoms with van der Waals surface area (Å²) in [5.41, 5.74) is 0.746. The van der Waals surface area contributed by atoms with Gasteiger partial charge in [0.05, 0.1) is 11.0 Å². The number of aryl methyl sites for hydroxylation is 1. The number of nitriles is 1. The molecular formula is C18H22N2O3S. The Morgan fingerprint density at radius 3 is 2.54 bits per heavy atom. The van der Waals surface area contributed by atoms with Crippen molar-refractivity contribution in [3.05, 3.63) is 16.0 Å². The third kappa shape index (κ3) is 3.18. The summed E-state index contributed by atoms with van der Waals surface area (Å²) in [6, 6.07) is 2.24. The van der Waals surface area contributed by atoms with Gasteiger partial charge in [-0.3, -0.25) is 9.59 Å². The van der Waals surface area contributed by atoms with Gasteiger partial charge in [0, 0.05) is 11.3 Å². The van der Waals surface area contributed by atoms with E-state index in [1.807, 2.05) is 0 Å². The van der Waals surface area contributed by atoms with E-state index in [0.29, 0.717) is 23.4 Å². The van der Waals surface area contributed by atoms with Crippen molar-refractivity contribution in [2.45, 2.75) is 64.2 Å². The molecule has 3 rings (SSSR count). The van der Waals surface area contributed by atoms with Crippen LogP contribution >= 0.6 is 11.3 Å². The molecule has 1 amide bonds. The Bertz CT molecular complexity index is 696. The number of carbonyl (C=O) groups is 2. The predicted molar refractivity (Wildman–Crippen MR) is 92.1 cm³/mol. The summed E-state index contributed by atoms with van der Waals surface area (Å²) in [5, 5.41) is 22.5. The lowest BCUT2D eigenvalue weighted by Crippen LogP contribution is -2.32. The van der Waals surface area contributed by atoms with Crippen LogP contribution in [-0.4, -0.2) is 17.0 Å². The topological polar surface area (TPSA) is 90.2 Å². The maximum absolute atomic E-state index is 12.4. The number of nitrogens with zero attached hydrogens (tertiary/aromatic N) is 1. The molecule has 1 aromatic rings. The smallest absolute Gasteiger partial charge is 0.310 e. The summed E-state index contributed by atoms with van der Waals surface area (Å²) in [4.78, 5) is 25.3. The van der Waals surface area contributed by atoms with Gasteiger partial charge in [-0.2, -0.15) is 5.26 Å². The summed E-state index contributed by atoms with van der Waals surface area (Å²) < 4.78 is 0. The van der Waals surface area contributed by atoms with Crippen LogP contribution in [0.3, 0.4) is 0 Å². The van der Waals surface area contributed by atoms with E-state index in [4.69, 9.17) is 0 Å². The molecule has 0 spiro atoms. The molecule has 1 heterocycles. The van der Waals surface area contributed by atoms with E-state index in [9.17, 15) is 20.0 Å². The fourth-order valence-electron chi connectivity index (χ4n) is 3.95. The number of anilines is 1. The zero-order chi connectivity index (χ0) is 17.2. The van der Waals surface area contributed by atoms with Gasteiger partial charge in [0.25, 0.3) is 0 Å². The van der Waals surface area contributed by atoms with Crippen LogP contribution < -0.4 is 5.32 Å². The second kappa shape index (κ2) is 6.94. The number of amides is 1. The molecule has 2 N–H and O–H groups in total. The number of aliphatic carboxylic acids is 1. The lowest BCUT2D eigenvalue weighted by Gasteiger charge is -2.22. The standard InChI is InChI=1S/C18H22N2O3S/c19-11-13-12-6-2-1-3-7-14(12)24-16(13)20-15(21)10-18(17(22)23)8-4-5-9-18/h1-10H2,(H,20,21)(H,22,23). The highest BCUT2D eigenvalue weighted by molar-refractivity contribution is 7.16. The van der Waals surface area contributed by atoms with Crippen LogP contribution in [-0.2, 0) is 22.4 Å². The van der Waals surface area contributed by atoms with E-state index in [-0.39, 0.29) is 12.3 Å². The van der Waals surface area contributed by atoms with Gasteiger partial charge in [-0.25, -0.2) is 0 Å². The number of nitrogens with one attached hydrogen (secondary N) is 1. The van der Waals surface area contributed by atoms with Crippen LogP contribution in [0.15, 0.2) is 0 Å². The second-order valence-corrected chi connectivity index (χ2v) is 8.00. The fourth-order valence-corrected chi connectivity index (χ4v) is 5.20. The largest absolute Gasteiger partial charge is 0.481 e. The molecule has 1 saturated carbocycles. The van der Waals surface area contributed by atoms with Crippen LogP contribution in [0.2, 0.25) is 0 Å². The highest BCUT2D eigenvalue weighted by atomic mass is 32.1. The quantitative estimate of drug-likeness (QED) is 0.810. The van der Waals surface area contributed by atoms with Gasteiger partial charge in [0.15, 0.2) is 0 Å². The van der Waals surface area contributed by atoms with Gasteiger partial charge in [0.1, 0.15) is 11.1 Å². The maximum atomic E-state index is 12.4. The zero-order valence-corrected chi connectivity index (χ0v) is 14.5. The van der Waals surface area contributed by atoms with Gasteiger partial charge >= 0.3 is 5.97 Å². The number of thiophene rings is 1. The Hall–Kier alpha value is -1.87. The zero-order valence-electron chi connectivity index (χ0n) is 13.7. The number of carboxylic acid groups (broad SMARTS) is 1. The Morgan fingerprint density at radius 1 is 1.17 bits per heavy atom. The Kier molecular flexibility index (Phi) is 4.91. The molecule has 5 nitrogen and oxygen atoms in total. The average Bonchev–Trinajstić information content (AvgIpc) is 3.06. The van der Waals surface area contributed by atoms with Crippen LogP contribution in [0.1, 0.15) is 67.4 Å². The molecule has 0 unspecified atom stereocenters. The average molecular weight is 346 g/mol. The normalized spacial score (nSPS) is 19.1. The van der Waals surface area contributed by atoms with Crippen molar-refractivity contribution < 1.29 is 14.7 Å². The van der Waals surface area contributed by atoms with Crippen LogP contribution in [0.5, 0.6) is 0 Å². The first-order valence-electron chi connectivity index (χ1n) is 8.64. The highest BCUT2D eigenvalue weighted by Crippen LogP contribution is 2.42. The molecule has 0 atom stereocenters. The van der Waals surface area contributed by atoms with Crippen molar-refractivity contribution in [3.63, 3.8) is 0 Å². The molecule has 0 aromatic carbocycles. The molecule has 2 aliphatic rings. The first-order valence-corrected chi connectivity index (χ1v) is 9.45. The van der Waals surface area contributed by atoms with Crippen molar-refractivity contribution in [2.75, 3.05) is 5.32 Å². The first kappa shape index (κ1) is 17.0. The molecule has 2 aliphatic carbocycles. The SMILES string of the molecule is N#Cc1c(NC(=O)CC2(C(=O)O)CCCC2)sc2c1CCCCC2. The van der Waals surface area contributed by atoms with Crippen molar-refractivity contribution in [1.82, 2.24) is 0 Å². The molecule has 0 saturated heterocycles. The second-order valence-electron chi connectivity index (χ2n) is 6.90. The Labute approximate surface area is 145 Å². The minimum atomic E-state index is -0.925. The number of carbonyl (C=O) groups excluding carboxylic acids is 1. The number of rotatable bonds is 4. The highest BCUT2D eigenvalue weighted by Gasteiger charge is 2.43. The molecule has 0 radical (unpaired) electrons. The van der Waals surface area contributed by atoms with E-state index in [1.54, 1.807) is 0 Å². The van der Waals surface area contributed by atoms with Crippen LogP contribution in [0, 0.1) is 16.7 Å². The minimum absolute atomic E-state index is 0.00420. The number of hydrogen-bond acceptors (Lipinski definition) is 4. The van der Waals surface area contributed by atoms with Crippen molar-refractivity contribution in [2.24, 2.45) is 5.41 Å². The molecule has 24 heavy (non-hydrogen) atoms. The van der Waals surface area contributed by atoms with Gasteiger partial charge in [-0.1, -0.05) is 19.3 Å². The molecule has 0 aliphatic heterocycles. The van der Waals surface area contributed by atoms with Crippen molar-refractivity contribution in [1.29, 1.82) is 5.26 Å². The van der Waals surface area contributed by atoms with Crippen molar-refractivity contribution >= 4 is 28.2 Å².